The summed E-state index contributed by atoms with van der Waals surface area (Å²) in [6.07, 6.45) is 1.45. The van der Waals surface area contributed by atoms with Crippen LogP contribution in [0.15, 0.2) is 48.8 Å². The van der Waals surface area contributed by atoms with Crippen LogP contribution in [0.2, 0.25) is 5.02 Å². The summed E-state index contributed by atoms with van der Waals surface area (Å²) in [7, 11) is 1.62. The van der Waals surface area contributed by atoms with Crippen molar-refractivity contribution in [3.63, 3.8) is 0 Å². The fourth-order valence-electron chi connectivity index (χ4n) is 2.16. The number of hydrogen-bond donors (Lipinski definition) is 2. The van der Waals surface area contributed by atoms with Gasteiger partial charge in [0.2, 0.25) is 5.95 Å². The lowest BCUT2D eigenvalue weighted by atomic mass is 10.2. The number of aromatic amines is 1. The van der Waals surface area contributed by atoms with Crippen LogP contribution >= 0.6 is 11.6 Å². The SMILES string of the molecule is COc1cc(CNc2ncn[nH]2)ccc1OCc1ccc(Cl)cc1. The number of benzene rings is 2. The molecule has 0 amide bonds. The molecular weight excluding hydrogens is 328 g/mol. The molecule has 1 aromatic heterocycles. The van der Waals surface area contributed by atoms with Crippen molar-refractivity contribution in [1.82, 2.24) is 15.2 Å². The molecule has 1 heterocycles. The number of nitrogens with zero attached hydrogens (tertiary/aromatic N) is 2. The molecular formula is C17H17ClN4O2. The van der Waals surface area contributed by atoms with Gasteiger partial charge in [-0.1, -0.05) is 29.8 Å². The maximum Gasteiger partial charge on any atom is 0.218 e. The van der Waals surface area contributed by atoms with Crippen molar-refractivity contribution in [2.75, 3.05) is 12.4 Å². The molecule has 2 aromatic carbocycles. The highest BCUT2D eigenvalue weighted by Gasteiger charge is 2.07. The van der Waals surface area contributed by atoms with Gasteiger partial charge in [-0.05, 0) is 35.4 Å². The maximum absolute atomic E-state index is 5.88. The molecule has 7 heteroatoms. The molecule has 24 heavy (non-hydrogen) atoms. The second-order valence-electron chi connectivity index (χ2n) is 5.09. The van der Waals surface area contributed by atoms with E-state index >= 15 is 0 Å². The van der Waals surface area contributed by atoms with E-state index < -0.39 is 0 Å². The van der Waals surface area contributed by atoms with Crippen LogP contribution in [0.3, 0.4) is 0 Å². The van der Waals surface area contributed by atoms with Crippen LogP contribution < -0.4 is 14.8 Å². The van der Waals surface area contributed by atoms with Gasteiger partial charge in [-0.3, -0.25) is 0 Å². The van der Waals surface area contributed by atoms with E-state index in [0.717, 1.165) is 11.1 Å². The molecule has 0 saturated heterocycles. The van der Waals surface area contributed by atoms with Crippen molar-refractivity contribution in [2.45, 2.75) is 13.2 Å². The largest absolute Gasteiger partial charge is 0.493 e. The monoisotopic (exact) mass is 344 g/mol. The summed E-state index contributed by atoms with van der Waals surface area (Å²) in [6, 6.07) is 13.4. The van der Waals surface area contributed by atoms with Crippen molar-refractivity contribution in [3.8, 4) is 11.5 Å². The van der Waals surface area contributed by atoms with Gasteiger partial charge < -0.3 is 14.8 Å². The topological polar surface area (TPSA) is 72.1 Å². The first-order valence-corrected chi connectivity index (χ1v) is 7.76. The van der Waals surface area contributed by atoms with Gasteiger partial charge in [0.15, 0.2) is 11.5 Å². The Morgan fingerprint density at radius 1 is 1.08 bits per heavy atom. The molecule has 0 saturated carbocycles. The zero-order valence-corrected chi connectivity index (χ0v) is 13.9. The van der Waals surface area contributed by atoms with Gasteiger partial charge in [0.1, 0.15) is 12.9 Å². The lowest BCUT2D eigenvalue weighted by molar-refractivity contribution is 0.284. The van der Waals surface area contributed by atoms with Crippen LogP contribution in [0, 0.1) is 0 Å². The highest BCUT2D eigenvalue weighted by Crippen LogP contribution is 2.29. The van der Waals surface area contributed by atoms with Gasteiger partial charge in [-0.25, -0.2) is 10.1 Å². The molecule has 124 valence electrons. The minimum Gasteiger partial charge on any atom is -0.493 e. The summed E-state index contributed by atoms with van der Waals surface area (Å²) in [6.45, 7) is 1.05. The first kappa shape index (κ1) is 16.1. The first-order valence-electron chi connectivity index (χ1n) is 7.38. The highest BCUT2D eigenvalue weighted by atomic mass is 35.5. The number of methoxy groups -OCH3 is 1. The minimum atomic E-state index is 0.448. The second-order valence-corrected chi connectivity index (χ2v) is 5.52. The van der Waals surface area contributed by atoms with Crippen LogP contribution in [0.4, 0.5) is 5.95 Å². The summed E-state index contributed by atoms with van der Waals surface area (Å²) in [5, 5.41) is 10.4. The molecule has 0 bridgehead atoms. The zero-order chi connectivity index (χ0) is 16.8. The van der Waals surface area contributed by atoms with Crippen LogP contribution in [-0.4, -0.2) is 22.3 Å². The molecule has 3 rings (SSSR count). The van der Waals surface area contributed by atoms with Gasteiger partial charge in [0, 0.05) is 11.6 Å². The zero-order valence-electron chi connectivity index (χ0n) is 13.1. The fourth-order valence-corrected chi connectivity index (χ4v) is 2.29. The second kappa shape index (κ2) is 7.70. The van der Waals surface area contributed by atoms with E-state index in [2.05, 4.69) is 20.5 Å². The van der Waals surface area contributed by atoms with Crippen molar-refractivity contribution in [2.24, 2.45) is 0 Å². The maximum atomic E-state index is 5.88. The quantitative estimate of drug-likeness (QED) is 0.684. The summed E-state index contributed by atoms with van der Waals surface area (Å²) in [5.74, 6) is 1.99. The van der Waals surface area contributed by atoms with Crippen molar-refractivity contribution in [1.29, 1.82) is 0 Å². The molecule has 0 atom stereocenters. The molecule has 2 N–H and O–H groups in total. The summed E-state index contributed by atoms with van der Waals surface area (Å²) < 4.78 is 11.3. The summed E-state index contributed by atoms with van der Waals surface area (Å²) in [4.78, 5) is 4.02. The summed E-state index contributed by atoms with van der Waals surface area (Å²) in [5.41, 5.74) is 2.08. The number of rotatable bonds is 7. The Hall–Kier alpha value is -2.73. The third-order valence-electron chi connectivity index (χ3n) is 3.41. The van der Waals surface area contributed by atoms with E-state index in [1.165, 1.54) is 6.33 Å². The molecule has 0 spiro atoms. The van der Waals surface area contributed by atoms with Crippen molar-refractivity contribution >= 4 is 17.5 Å². The lowest BCUT2D eigenvalue weighted by Gasteiger charge is -2.12. The first-order chi connectivity index (χ1) is 11.7. The van der Waals surface area contributed by atoms with E-state index in [1.807, 2.05) is 42.5 Å². The Morgan fingerprint density at radius 2 is 1.88 bits per heavy atom. The molecule has 0 aliphatic rings. The number of nitrogens with one attached hydrogen (secondary N) is 2. The predicted molar refractivity (Wildman–Crippen MR) is 92.5 cm³/mol. The van der Waals surface area contributed by atoms with E-state index in [0.29, 0.717) is 35.6 Å². The number of aromatic nitrogens is 3. The van der Waals surface area contributed by atoms with E-state index in [1.54, 1.807) is 7.11 Å². The van der Waals surface area contributed by atoms with Crippen LogP contribution in [0.25, 0.3) is 0 Å². The summed E-state index contributed by atoms with van der Waals surface area (Å²) >= 11 is 5.88. The third kappa shape index (κ3) is 4.17. The van der Waals surface area contributed by atoms with Gasteiger partial charge in [0.05, 0.1) is 7.11 Å². The standard InChI is InChI=1S/C17H17ClN4O2/c1-23-16-8-13(9-19-17-20-11-21-22-17)4-7-15(16)24-10-12-2-5-14(18)6-3-12/h2-8,11H,9-10H2,1H3,(H2,19,20,21,22). The van der Waals surface area contributed by atoms with Gasteiger partial charge in [0.25, 0.3) is 0 Å². The van der Waals surface area contributed by atoms with Gasteiger partial charge in [-0.15, -0.1) is 0 Å². The normalized spacial score (nSPS) is 10.4. The predicted octanol–water partition coefficient (Wildman–Crippen LogP) is 3.66. The molecule has 0 aliphatic carbocycles. The Balaban J connectivity index is 1.63. The fraction of sp³-hybridized carbons (Fsp3) is 0.176. The van der Waals surface area contributed by atoms with Crippen molar-refractivity contribution < 1.29 is 9.47 Å². The Kier molecular flexibility index (Phi) is 5.18. The Morgan fingerprint density at radius 3 is 2.58 bits per heavy atom. The molecule has 0 fully saturated rings. The minimum absolute atomic E-state index is 0.448. The van der Waals surface area contributed by atoms with Crippen LogP contribution in [-0.2, 0) is 13.2 Å². The smallest absolute Gasteiger partial charge is 0.218 e. The molecule has 0 radical (unpaired) electrons. The lowest BCUT2D eigenvalue weighted by Crippen LogP contribution is -2.02. The van der Waals surface area contributed by atoms with E-state index in [9.17, 15) is 0 Å². The van der Waals surface area contributed by atoms with E-state index in [-0.39, 0.29) is 0 Å². The van der Waals surface area contributed by atoms with Crippen LogP contribution in [0.5, 0.6) is 11.5 Å². The average Bonchev–Trinajstić information content (AvgIpc) is 3.13. The van der Waals surface area contributed by atoms with Crippen molar-refractivity contribution in [3.05, 3.63) is 64.9 Å². The highest BCUT2D eigenvalue weighted by molar-refractivity contribution is 6.30. The molecule has 3 aromatic rings. The Bertz CT molecular complexity index is 776. The van der Waals surface area contributed by atoms with Crippen LogP contribution in [0.1, 0.15) is 11.1 Å². The number of ether oxygens (including phenoxy) is 2. The molecule has 6 nitrogen and oxygen atoms in total. The number of H-pyrrole nitrogens is 1. The van der Waals surface area contributed by atoms with E-state index in [4.69, 9.17) is 21.1 Å². The Labute approximate surface area is 144 Å². The van der Waals surface area contributed by atoms with Gasteiger partial charge in [-0.2, -0.15) is 5.10 Å². The number of hydrogen-bond acceptors (Lipinski definition) is 5. The number of halogens is 1. The third-order valence-corrected chi connectivity index (χ3v) is 3.66. The number of anilines is 1. The molecule has 0 aliphatic heterocycles. The average molecular weight is 345 g/mol. The molecule has 0 unspecified atom stereocenters. The van der Waals surface area contributed by atoms with Gasteiger partial charge >= 0.3 is 0 Å².